The van der Waals surface area contributed by atoms with Gasteiger partial charge in [-0.3, -0.25) is 4.90 Å². The smallest absolute Gasteiger partial charge is 0.161 e. The number of allylic oxidation sites excluding steroid dienone is 1. The lowest BCUT2D eigenvalue weighted by Gasteiger charge is -2.29. The Morgan fingerprint density at radius 2 is 1.47 bits per heavy atom. The van der Waals surface area contributed by atoms with Gasteiger partial charge in [-0.15, -0.1) is 0 Å². The molecule has 6 heteroatoms. The van der Waals surface area contributed by atoms with Gasteiger partial charge in [0.1, 0.15) is 5.76 Å². The normalized spacial score (nSPS) is 15.3. The molecule has 0 aromatic heterocycles. The second-order valence-electron chi connectivity index (χ2n) is 7.27. The van der Waals surface area contributed by atoms with Crippen molar-refractivity contribution in [2.24, 2.45) is 0 Å². The Hall–Kier alpha value is -3.12. The van der Waals surface area contributed by atoms with Crippen LogP contribution in [-0.4, -0.2) is 46.4 Å². The predicted molar refractivity (Wildman–Crippen MR) is 115 cm³/mol. The zero-order chi connectivity index (χ0) is 21.1. The summed E-state index contributed by atoms with van der Waals surface area (Å²) in [4.78, 5) is 2.38. The number of nitrogens with zero attached hydrogens (tertiary/aromatic N) is 1. The fourth-order valence-corrected chi connectivity index (χ4v) is 4.00. The van der Waals surface area contributed by atoms with Gasteiger partial charge in [0.2, 0.25) is 0 Å². The molecule has 0 aliphatic carbocycles. The van der Waals surface area contributed by atoms with Gasteiger partial charge in [0.25, 0.3) is 0 Å². The molecule has 30 heavy (non-hydrogen) atoms. The molecule has 0 bridgehead atoms. The number of methoxy groups -OCH3 is 4. The standard InChI is InChI=1S/C24H27NO5/c1-26-20-10-16-7-8-25(14-18(16)12-22(20)28-3)15-24-19-13-23(29-4)21(27-2)11-17(19)6-5-9-30-24/h5-6,9-13H,7-8,14-15H2,1-4H3. The van der Waals surface area contributed by atoms with E-state index < -0.39 is 0 Å². The fraction of sp³-hybridized carbons (Fsp3) is 0.333. The van der Waals surface area contributed by atoms with Crippen molar-refractivity contribution in [2.75, 3.05) is 41.5 Å². The third kappa shape index (κ3) is 3.83. The summed E-state index contributed by atoms with van der Waals surface area (Å²) in [5.74, 6) is 3.82. The minimum Gasteiger partial charge on any atom is -0.493 e. The average Bonchev–Trinajstić information content (AvgIpc) is 2.98. The van der Waals surface area contributed by atoms with Crippen LogP contribution in [-0.2, 0) is 17.7 Å². The number of rotatable bonds is 6. The molecule has 158 valence electrons. The quantitative estimate of drug-likeness (QED) is 0.729. The van der Waals surface area contributed by atoms with Crippen LogP contribution in [0.15, 0.2) is 36.6 Å². The highest BCUT2D eigenvalue weighted by atomic mass is 16.5. The first kappa shape index (κ1) is 20.2. The first-order chi connectivity index (χ1) is 14.7. The van der Waals surface area contributed by atoms with Crippen LogP contribution >= 0.6 is 0 Å². The number of fused-ring (bicyclic) bond motifs is 2. The first-order valence-electron chi connectivity index (χ1n) is 9.91. The van der Waals surface area contributed by atoms with E-state index >= 15 is 0 Å². The third-order valence-corrected chi connectivity index (χ3v) is 5.59. The van der Waals surface area contributed by atoms with Gasteiger partial charge in [0.05, 0.1) is 41.2 Å². The van der Waals surface area contributed by atoms with E-state index in [4.69, 9.17) is 23.7 Å². The van der Waals surface area contributed by atoms with E-state index in [9.17, 15) is 0 Å². The van der Waals surface area contributed by atoms with Crippen molar-refractivity contribution in [1.82, 2.24) is 4.90 Å². The molecule has 0 spiro atoms. The topological polar surface area (TPSA) is 49.4 Å². The number of ether oxygens (including phenoxy) is 5. The SMILES string of the molecule is COc1cc2c(cc1OC)CN(CC1=c3cc(OC)c(OC)cc3=CC=CO1)CC2. The van der Waals surface area contributed by atoms with E-state index in [1.54, 1.807) is 34.7 Å². The van der Waals surface area contributed by atoms with Crippen LogP contribution in [0.1, 0.15) is 11.1 Å². The van der Waals surface area contributed by atoms with Crippen LogP contribution in [0.3, 0.4) is 0 Å². The molecule has 0 fully saturated rings. The summed E-state index contributed by atoms with van der Waals surface area (Å²) in [6.07, 6.45) is 6.59. The molecule has 0 radical (unpaired) electrons. The first-order valence-corrected chi connectivity index (χ1v) is 9.91. The van der Waals surface area contributed by atoms with Crippen molar-refractivity contribution in [3.8, 4) is 23.0 Å². The molecule has 0 atom stereocenters. The van der Waals surface area contributed by atoms with Gasteiger partial charge >= 0.3 is 0 Å². The maximum Gasteiger partial charge on any atom is 0.161 e. The lowest BCUT2D eigenvalue weighted by atomic mass is 9.98. The molecule has 0 unspecified atom stereocenters. The third-order valence-electron chi connectivity index (χ3n) is 5.59. The van der Waals surface area contributed by atoms with Crippen LogP contribution < -0.4 is 29.4 Å². The van der Waals surface area contributed by atoms with Gasteiger partial charge < -0.3 is 23.7 Å². The largest absolute Gasteiger partial charge is 0.493 e. The summed E-state index contributed by atoms with van der Waals surface area (Å²) in [6.45, 7) is 2.44. The molecule has 2 aliphatic rings. The van der Waals surface area contributed by atoms with Gasteiger partial charge in [-0.1, -0.05) is 6.08 Å². The molecule has 0 saturated carbocycles. The highest BCUT2D eigenvalue weighted by molar-refractivity contribution is 5.54. The van der Waals surface area contributed by atoms with Crippen molar-refractivity contribution in [2.45, 2.75) is 13.0 Å². The minimum atomic E-state index is 0.688. The zero-order valence-electron chi connectivity index (χ0n) is 17.9. The van der Waals surface area contributed by atoms with Crippen LogP contribution in [0.25, 0.3) is 11.8 Å². The van der Waals surface area contributed by atoms with E-state index in [1.807, 2.05) is 24.3 Å². The molecule has 2 aliphatic heterocycles. The van der Waals surface area contributed by atoms with E-state index in [2.05, 4.69) is 17.0 Å². The second kappa shape index (κ2) is 8.71. The highest BCUT2D eigenvalue weighted by Crippen LogP contribution is 2.33. The van der Waals surface area contributed by atoms with Crippen LogP contribution in [0, 0.1) is 0 Å². The number of hydrogen-bond acceptors (Lipinski definition) is 6. The van der Waals surface area contributed by atoms with Gasteiger partial charge in [0.15, 0.2) is 23.0 Å². The summed E-state index contributed by atoms with van der Waals surface area (Å²) < 4.78 is 27.9. The van der Waals surface area contributed by atoms with Crippen molar-refractivity contribution in [3.63, 3.8) is 0 Å². The molecule has 0 saturated heterocycles. The molecule has 4 rings (SSSR count). The Morgan fingerprint density at radius 3 is 2.17 bits per heavy atom. The van der Waals surface area contributed by atoms with E-state index in [1.165, 1.54) is 11.1 Å². The van der Waals surface area contributed by atoms with Gasteiger partial charge in [-0.25, -0.2) is 0 Å². The molecular weight excluding hydrogens is 382 g/mol. The Kier molecular flexibility index (Phi) is 5.86. The Bertz CT molecular complexity index is 1090. The molecular formula is C24H27NO5. The molecule has 6 nitrogen and oxygen atoms in total. The molecule has 0 amide bonds. The summed E-state index contributed by atoms with van der Waals surface area (Å²) in [5, 5.41) is 2.05. The van der Waals surface area contributed by atoms with Crippen molar-refractivity contribution >= 4 is 11.8 Å². The summed E-state index contributed by atoms with van der Waals surface area (Å²) >= 11 is 0. The monoisotopic (exact) mass is 409 g/mol. The lowest BCUT2D eigenvalue weighted by molar-refractivity contribution is 0.255. The lowest BCUT2D eigenvalue weighted by Crippen LogP contribution is -2.36. The molecule has 2 heterocycles. The maximum absolute atomic E-state index is 6.00. The Labute approximate surface area is 176 Å². The number of benzene rings is 2. The van der Waals surface area contributed by atoms with Crippen molar-refractivity contribution in [1.29, 1.82) is 0 Å². The minimum absolute atomic E-state index is 0.688. The van der Waals surface area contributed by atoms with Crippen molar-refractivity contribution in [3.05, 3.63) is 58.2 Å². The van der Waals surface area contributed by atoms with Gasteiger partial charge in [0, 0.05) is 18.3 Å². The highest BCUT2D eigenvalue weighted by Gasteiger charge is 2.21. The zero-order valence-corrected chi connectivity index (χ0v) is 17.9. The van der Waals surface area contributed by atoms with E-state index in [-0.39, 0.29) is 0 Å². The van der Waals surface area contributed by atoms with Crippen molar-refractivity contribution < 1.29 is 23.7 Å². The van der Waals surface area contributed by atoms with Crippen LogP contribution in [0.2, 0.25) is 0 Å². The average molecular weight is 409 g/mol. The summed E-state index contributed by atoms with van der Waals surface area (Å²) in [7, 11) is 6.63. The van der Waals surface area contributed by atoms with E-state index in [0.717, 1.165) is 47.2 Å². The van der Waals surface area contributed by atoms with Gasteiger partial charge in [-0.05, 0) is 53.1 Å². The number of hydrogen-bond donors (Lipinski definition) is 0. The molecule has 2 aromatic carbocycles. The predicted octanol–water partition coefficient (Wildman–Crippen LogP) is 2.21. The summed E-state index contributed by atoms with van der Waals surface area (Å²) in [6, 6.07) is 8.13. The fourth-order valence-electron chi connectivity index (χ4n) is 4.00. The maximum atomic E-state index is 6.00. The Morgan fingerprint density at radius 1 is 0.833 bits per heavy atom. The summed E-state index contributed by atoms with van der Waals surface area (Å²) in [5.41, 5.74) is 2.55. The Balaban J connectivity index is 1.67. The second-order valence-corrected chi connectivity index (χ2v) is 7.27. The van der Waals surface area contributed by atoms with E-state index in [0.29, 0.717) is 18.0 Å². The molecule has 0 N–H and O–H groups in total. The van der Waals surface area contributed by atoms with Crippen LogP contribution in [0.4, 0.5) is 0 Å². The van der Waals surface area contributed by atoms with Gasteiger partial charge in [-0.2, -0.15) is 0 Å². The molecule has 2 aromatic rings. The van der Waals surface area contributed by atoms with Crippen LogP contribution in [0.5, 0.6) is 23.0 Å².